The average molecular weight is 476 g/mol. The number of ether oxygens (including phenoxy) is 1. The molecule has 0 aliphatic rings. The molecule has 0 saturated carbocycles. The number of carbonyl (C=O) groups is 1. The summed E-state index contributed by atoms with van der Waals surface area (Å²) in [7, 11) is 0.392. The van der Waals surface area contributed by atoms with E-state index in [1.807, 2.05) is 44.1 Å². The molecule has 9 heteroatoms. The first kappa shape index (κ1) is 24.2. The third-order valence-corrected chi connectivity index (χ3v) is 7.80. The van der Waals surface area contributed by atoms with Crippen LogP contribution >= 0.6 is 11.3 Å². The maximum atomic E-state index is 13.7. The van der Waals surface area contributed by atoms with Gasteiger partial charge in [-0.15, -0.1) is 0 Å². The first-order chi connectivity index (χ1) is 15.3. The van der Waals surface area contributed by atoms with E-state index in [1.54, 1.807) is 30.0 Å². The normalized spacial score (nSPS) is 11.8. The fourth-order valence-electron chi connectivity index (χ4n) is 3.34. The molecule has 172 valence electrons. The zero-order chi connectivity index (χ0) is 23.3. The Bertz CT molecular complexity index is 1190. The van der Waals surface area contributed by atoms with Gasteiger partial charge in [0.25, 0.3) is 5.91 Å². The molecule has 0 fully saturated rings. The summed E-state index contributed by atoms with van der Waals surface area (Å²) in [4.78, 5) is 22.1. The summed E-state index contributed by atoms with van der Waals surface area (Å²) < 4.78 is 31.9. The van der Waals surface area contributed by atoms with Crippen molar-refractivity contribution in [1.29, 1.82) is 0 Å². The molecular weight excluding hydrogens is 446 g/mol. The summed E-state index contributed by atoms with van der Waals surface area (Å²) in [5, 5.41) is 0.527. The van der Waals surface area contributed by atoms with E-state index in [4.69, 9.17) is 9.72 Å². The molecule has 0 saturated heterocycles. The van der Waals surface area contributed by atoms with E-state index < -0.39 is 9.84 Å². The molecule has 0 aliphatic carbocycles. The van der Waals surface area contributed by atoms with E-state index in [-0.39, 0.29) is 22.1 Å². The molecular formula is C23H29N3O4S2. The number of anilines is 1. The number of para-hydroxylation sites is 1. The van der Waals surface area contributed by atoms with E-state index in [0.717, 1.165) is 17.7 Å². The number of amides is 1. The predicted octanol–water partition coefficient (Wildman–Crippen LogP) is 4.09. The van der Waals surface area contributed by atoms with Crippen LogP contribution in [-0.4, -0.2) is 63.8 Å². The van der Waals surface area contributed by atoms with Crippen molar-refractivity contribution >= 4 is 42.4 Å². The second-order valence-electron chi connectivity index (χ2n) is 7.55. The van der Waals surface area contributed by atoms with Crippen LogP contribution in [0, 0.1) is 0 Å². The van der Waals surface area contributed by atoms with Crippen LogP contribution in [0.15, 0.2) is 47.4 Å². The van der Waals surface area contributed by atoms with Crippen molar-refractivity contribution in [2.45, 2.75) is 25.2 Å². The number of aromatic nitrogens is 1. The van der Waals surface area contributed by atoms with E-state index >= 15 is 0 Å². The molecule has 1 heterocycles. The fraction of sp³-hybridized carbons (Fsp3) is 0.391. The Morgan fingerprint density at radius 1 is 1.06 bits per heavy atom. The maximum Gasteiger partial charge on any atom is 0.261 e. The van der Waals surface area contributed by atoms with E-state index in [0.29, 0.717) is 29.5 Å². The number of thiazole rings is 1. The summed E-state index contributed by atoms with van der Waals surface area (Å²) >= 11 is 1.40. The summed E-state index contributed by atoms with van der Waals surface area (Å²) in [6.07, 6.45) is 0.718. The van der Waals surface area contributed by atoms with Gasteiger partial charge in [0.2, 0.25) is 0 Å². The van der Waals surface area contributed by atoms with Gasteiger partial charge in [-0.05, 0) is 58.3 Å². The minimum atomic E-state index is -3.55. The lowest BCUT2D eigenvalue weighted by atomic mass is 10.2. The predicted molar refractivity (Wildman–Crippen MR) is 130 cm³/mol. The Hall–Kier alpha value is -2.49. The first-order valence-corrected chi connectivity index (χ1v) is 13.1. The molecule has 7 nitrogen and oxygen atoms in total. The summed E-state index contributed by atoms with van der Waals surface area (Å²) in [6.45, 7) is 5.21. The molecule has 0 N–H and O–H groups in total. The van der Waals surface area contributed by atoms with Crippen LogP contribution in [0.5, 0.6) is 5.75 Å². The number of nitrogens with zero attached hydrogens (tertiary/aromatic N) is 3. The fourth-order valence-corrected chi connectivity index (χ4v) is 5.44. The minimum absolute atomic E-state index is 0.0567. The van der Waals surface area contributed by atoms with Gasteiger partial charge in [-0.1, -0.05) is 36.5 Å². The van der Waals surface area contributed by atoms with Gasteiger partial charge < -0.3 is 9.64 Å². The topological polar surface area (TPSA) is 79.8 Å². The molecule has 3 aromatic rings. The van der Waals surface area contributed by atoms with Gasteiger partial charge in [0.05, 0.1) is 27.5 Å². The van der Waals surface area contributed by atoms with E-state index in [2.05, 4.69) is 0 Å². The molecule has 0 atom stereocenters. The highest BCUT2D eigenvalue weighted by atomic mass is 32.2. The molecule has 0 spiro atoms. The van der Waals surface area contributed by atoms with Gasteiger partial charge in [0.15, 0.2) is 15.0 Å². The molecule has 0 radical (unpaired) electrons. The third kappa shape index (κ3) is 5.28. The Balaban J connectivity index is 2.07. The highest BCUT2D eigenvalue weighted by Gasteiger charge is 2.27. The van der Waals surface area contributed by atoms with Crippen LogP contribution in [0.1, 0.15) is 30.6 Å². The molecule has 2 aromatic carbocycles. The first-order valence-electron chi connectivity index (χ1n) is 10.6. The largest absolute Gasteiger partial charge is 0.492 e. The van der Waals surface area contributed by atoms with Gasteiger partial charge in [-0.3, -0.25) is 9.69 Å². The number of sulfone groups is 1. The molecule has 0 aliphatic heterocycles. The van der Waals surface area contributed by atoms with Crippen LogP contribution < -0.4 is 9.64 Å². The van der Waals surface area contributed by atoms with Crippen molar-refractivity contribution in [3.63, 3.8) is 0 Å². The SMILES string of the molecule is CCOc1cccc2sc(N(CCCN(C)C)C(=O)c3ccccc3S(=O)(=O)CC)nc12. The second-order valence-corrected chi connectivity index (χ2v) is 10.8. The number of hydrogen-bond acceptors (Lipinski definition) is 7. The Labute approximate surface area is 193 Å². The molecule has 1 amide bonds. The maximum absolute atomic E-state index is 13.7. The Kier molecular flexibility index (Phi) is 7.86. The molecule has 3 rings (SSSR count). The number of benzene rings is 2. The van der Waals surface area contributed by atoms with Crippen molar-refractivity contribution in [2.24, 2.45) is 0 Å². The lowest BCUT2D eigenvalue weighted by Crippen LogP contribution is -2.34. The summed E-state index contributed by atoms with van der Waals surface area (Å²) in [5.74, 6) is 0.229. The zero-order valence-corrected chi connectivity index (χ0v) is 20.5. The molecule has 32 heavy (non-hydrogen) atoms. The van der Waals surface area contributed by atoms with Gasteiger partial charge in [-0.2, -0.15) is 0 Å². The smallest absolute Gasteiger partial charge is 0.261 e. The highest BCUT2D eigenvalue weighted by molar-refractivity contribution is 7.91. The molecule has 0 unspecified atom stereocenters. The van der Waals surface area contributed by atoms with Crippen LogP contribution in [0.4, 0.5) is 5.13 Å². The van der Waals surface area contributed by atoms with Crippen molar-refractivity contribution in [3.05, 3.63) is 48.0 Å². The monoisotopic (exact) mass is 475 g/mol. The van der Waals surface area contributed by atoms with Crippen molar-refractivity contribution in [2.75, 3.05) is 44.4 Å². The molecule has 1 aromatic heterocycles. The van der Waals surface area contributed by atoms with Crippen molar-refractivity contribution in [3.8, 4) is 5.75 Å². The number of fused-ring (bicyclic) bond motifs is 1. The Morgan fingerprint density at radius 2 is 1.81 bits per heavy atom. The third-order valence-electron chi connectivity index (χ3n) is 4.97. The van der Waals surface area contributed by atoms with Crippen LogP contribution in [-0.2, 0) is 9.84 Å². The van der Waals surface area contributed by atoms with Crippen LogP contribution in [0.3, 0.4) is 0 Å². The summed E-state index contributed by atoms with van der Waals surface area (Å²) in [5.41, 5.74) is 0.873. The zero-order valence-electron chi connectivity index (χ0n) is 18.9. The summed E-state index contributed by atoms with van der Waals surface area (Å²) in [6, 6.07) is 12.1. The van der Waals surface area contributed by atoms with Gasteiger partial charge in [0, 0.05) is 6.54 Å². The standard InChI is InChI=1S/C23H29N3O4S2/c1-5-30-18-12-9-13-19-21(18)24-23(31-19)26(16-10-15-25(3)4)22(27)17-11-7-8-14-20(17)32(28,29)6-2/h7-9,11-14H,5-6,10,15-16H2,1-4H3. The average Bonchev–Trinajstić information content (AvgIpc) is 3.21. The number of hydrogen-bond donors (Lipinski definition) is 0. The van der Waals surface area contributed by atoms with Gasteiger partial charge in [0.1, 0.15) is 11.3 Å². The van der Waals surface area contributed by atoms with Gasteiger partial charge in [-0.25, -0.2) is 13.4 Å². The second kappa shape index (κ2) is 10.4. The van der Waals surface area contributed by atoms with Crippen LogP contribution in [0.25, 0.3) is 10.2 Å². The van der Waals surface area contributed by atoms with Gasteiger partial charge >= 0.3 is 0 Å². The number of rotatable bonds is 10. The van der Waals surface area contributed by atoms with Crippen molar-refractivity contribution in [1.82, 2.24) is 9.88 Å². The number of carbonyl (C=O) groups excluding carboxylic acids is 1. The lowest BCUT2D eigenvalue weighted by Gasteiger charge is -2.22. The van der Waals surface area contributed by atoms with Crippen LogP contribution in [0.2, 0.25) is 0 Å². The molecule has 0 bridgehead atoms. The minimum Gasteiger partial charge on any atom is -0.492 e. The van der Waals surface area contributed by atoms with Crippen molar-refractivity contribution < 1.29 is 17.9 Å². The van der Waals surface area contributed by atoms with E-state index in [1.165, 1.54) is 17.4 Å². The Morgan fingerprint density at radius 3 is 2.50 bits per heavy atom. The quantitative estimate of drug-likeness (QED) is 0.439. The highest BCUT2D eigenvalue weighted by Crippen LogP contribution is 2.35. The van der Waals surface area contributed by atoms with E-state index in [9.17, 15) is 13.2 Å². The lowest BCUT2D eigenvalue weighted by molar-refractivity contribution is 0.0983.